The van der Waals surface area contributed by atoms with Gasteiger partial charge in [-0.2, -0.15) is 0 Å². The SMILES string of the molecule is COc1c(NC(CN)C2CCCCC2)nc[nH]c1=O. The predicted octanol–water partition coefficient (Wildman–Crippen LogP) is 1.10. The molecule has 6 heteroatoms. The van der Waals surface area contributed by atoms with E-state index in [-0.39, 0.29) is 17.4 Å². The van der Waals surface area contributed by atoms with Gasteiger partial charge in [-0.15, -0.1) is 0 Å². The van der Waals surface area contributed by atoms with Gasteiger partial charge in [0, 0.05) is 12.6 Å². The van der Waals surface area contributed by atoms with Crippen LogP contribution in [-0.2, 0) is 0 Å². The lowest BCUT2D eigenvalue weighted by Gasteiger charge is -2.30. The van der Waals surface area contributed by atoms with Gasteiger partial charge in [0.15, 0.2) is 5.82 Å². The summed E-state index contributed by atoms with van der Waals surface area (Å²) in [5.74, 6) is 1.24. The fourth-order valence-corrected chi connectivity index (χ4v) is 2.76. The van der Waals surface area contributed by atoms with E-state index >= 15 is 0 Å². The number of nitrogens with one attached hydrogen (secondary N) is 2. The van der Waals surface area contributed by atoms with Gasteiger partial charge in [-0.1, -0.05) is 19.3 Å². The van der Waals surface area contributed by atoms with Crippen molar-refractivity contribution in [2.75, 3.05) is 19.0 Å². The number of aromatic nitrogens is 2. The molecular formula is C13H22N4O2. The Kier molecular flexibility index (Phi) is 4.79. The van der Waals surface area contributed by atoms with Crippen molar-refractivity contribution in [3.05, 3.63) is 16.7 Å². The highest BCUT2D eigenvalue weighted by Gasteiger charge is 2.24. The second-order valence-electron chi connectivity index (χ2n) is 5.00. The number of nitrogens with zero attached hydrogens (tertiary/aromatic N) is 1. The van der Waals surface area contributed by atoms with Gasteiger partial charge in [0.1, 0.15) is 0 Å². The Bertz CT molecular complexity index is 454. The summed E-state index contributed by atoms with van der Waals surface area (Å²) >= 11 is 0. The Hall–Kier alpha value is -1.56. The summed E-state index contributed by atoms with van der Waals surface area (Å²) in [6.07, 6.45) is 7.55. The van der Waals surface area contributed by atoms with Crippen molar-refractivity contribution in [3.8, 4) is 5.75 Å². The van der Waals surface area contributed by atoms with E-state index < -0.39 is 0 Å². The fraction of sp³-hybridized carbons (Fsp3) is 0.692. The zero-order chi connectivity index (χ0) is 13.7. The number of hydrogen-bond acceptors (Lipinski definition) is 5. The van der Waals surface area contributed by atoms with E-state index in [1.165, 1.54) is 45.5 Å². The molecule has 0 bridgehead atoms. The van der Waals surface area contributed by atoms with Gasteiger partial charge in [-0.25, -0.2) is 4.98 Å². The third kappa shape index (κ3) is 3.26. The highest BCUT2D eigenvalue weighted by Crippen LogP contribution is 2.28. The van der Waals surface area contributed by atoms with Gasteiger partial charge in [0.2, 0.25) is 5.75 Å². The molecular weight excluding hydrogens is 244 g/mol. The van der Waals surface area contributed by atoms with Crippen LogP contribution in [0.25, 0.3) is 0 Å². The van der Waals surface area contributed by atoms with Crippen molar-refractivity contribution in [2.24, 2.45) is 11.7 Å². The van der Waals surface area contributed by atoms with Gasteiger partial charge in [-0.05, 0) is 18.8 Å². The number of hydrogen-bond donors (Lipinski definition) is 3. The molecule has 0 amide bonds. The summed E-state index contributed by atoms with van der Waals surface area (Å²) in [5, 5.41) is 3.28. The van der Waals surface area contributed by atoms with E-state index in [9.17, 15) is 4.79 Å². The number of ether oxygens (including phenoxy) is 1. The largest absolute Gasteiger partial charge is 0.489 e. The number of aromatic amines is 1. The first-order valence-corrected chi connectivity index (χ1v) is 6.84. The van der Waals surface area contributed by atoms with Gasteiger partial charge < -0.3 is 20.8 Å². The molecule has 1 fully saturated rings. The topological polar surface area (TPSA) is 93.0 Å². The summed E-state index contributed by atoms with van der Waals surface area (Å²) in [6.45, 7) is 0.530. The molecule has 6 nitrogen and oxygen atoms in total. The van der Waals surface area contributed by atoms with Crippen molar-refractivity contribution < 1.29 is 4.74 Å². The maximum absolute atomic E-state index is 11.6. The molecule has 0 spiro atoms. The van der Waals surface area contributed by atoms with Crippen LogP contribution in [0, 0.1) is 5.92 Å². The van der Waals surface area contributed by atoms with Crippen LogP contribution in [-0.4, -0.2) is 29.7 Å². The Morgan fingerprint density at radius 2 is 2.26 bits per heavy atom. The maximum Gasteiger partial charge on any atom is 0.295 e. The van der Waals surface area contributed by atoms with Crippen LogP contribution in [0.15, 0.2) is 11.1 Å². The zero-order valence-corrected chi connectivity index (χ0v) is 11.3. The summed E-state index contributed by atoms with van der Waals surface area (Å²) in [4.78, 5) is 18.3. The number of methoxy groups -OCH3 is 1. The van der Waals surface area contributed by atoms with E-state index in [1.807, 2.05) is 0 Å². The molecule has 0 saturated heterocycles. The van der Waals surface area contributed by atoms with E-state index in [1.54, 1.807) is 0 Å². The van der Waals surface area contributed by atoms with Gasteiger partial charge in [-0.3, -0.25) is 4.79 Å². The first-order chi connectivity index (χ1) is 9.26. The highest BCUT2D eigenvalue weighted by atomic mass is 16.5. The molecule has 106 valence electrons. The molecule has 1 heterocycles. The molecule has 1 aromatic rings. The number of rotatable bonds is 5. The molecule has 1 aliphatic carbocycles. The van der Waals surface area contributed by atoms with Crippen LogP contribution < -0.4 is 21.3 Å². The highest BCUT2D eigenvalue weighted by molar-refractivity contribution is 5.48. The van der Waals surface area contributed by atoms with Crippen LogP contribution in [0.5, 0.6) is 5.75 Å². The molecule has 2 rings (SSSR count). The average Bonchev–Trinajstić information content (AvgIpc) is 2.46. The van der Waals surface area contributed by atoms with Gasteiger partial charge in [0.25, 0.3) is 5.56 Å². The Balaban J connectivity index is 2.13. The van der Waals surface area contributed by atoms with Crippen molar-refractivity contribution in [2.45, 2.75) is 38.1 Å². The van der Waals surface area contributed by atoms with E-state index in [0.717, 1.165) is 0 Å². The van der Waals surface area contributed by atoms with E-state index in [4.69, 9.17) is 10.5 Å². The maximum atomic E-state index is 11.6. The summed E-state index contributed by atoms with van der Waals surface area (Å²) in [5.41, 5.74) is 5.59. The molecule has 4 N–H and O–H groups in total. The number of nitrogens with two attached hydrogens (primary N) is 1. The predicted molar refractivity (Wildman–Crippen MR) is 74.4 cm³/mol. The molecule has 1 aromatic heterocycles. The Morgan fingerprint density at radius 3 is 2.89 bits per heavy atom. The van der Waals surface area contributed by atoms with Gasteiger partial charge in [0.05, 0.1) is 13.4 Å². The van der Waals surface area contributed by atoms with Crippen molar-refractivity contribution in [1.29, 1.82) is 0 Å². The van der Waals surface area contributed by atoms with Crippen molar-refractivity contribution >= 4 is 5.82 Å². The van der Waals surface area contributed by atoms with Crippen LogP contribution >= 0.6 is 0 Å². The Morgan fingerprint density at radius 1 is 1.53 bits per heavy atom. The third-order valence-corrected chi connectivity index (χ3v) is 3.81. The first kappa shape index (κ1) is 13.9. The minimum atomic E-state index is -0.278. The second-order valence-corrected chi connectivity index (χ2v) is 5.00. The number of H-pyrrole nitrogens is 1. The van der Waals surface area contributed by atoms with Crippen molar-refractivity contribution in [1.82, 2.24) is 9.97 Å². The first-order valence-electron chi connectivity index (χ1n) is 6.84. The van der Waals surface area contributed by atoms with Gasteiger partial charge >= 0.3 is 0 Å². The van der Waals surface area contributed by atoms with Crippen LogP contribution in [0.1, 0.15) is 32.1 Å². The summed E-state index contributed by atoms with van der Waals surface area (Å²) in [6, 6.07) is 0.142. The normalized spacial score (nSPS) is 18.0. The summed E-state index contributed by atoms with van der Waals surface area (Å²) in [7, 11) is 1.47. The molecule has 0 radical (unpaired) electrons. The fourth-order valence-electron chi connectivity index (χ4n) is 2.76. The molecule has 19 heavy (non-hydrogen) atoms. The molecule has 0 aromatic carbocycles. The monoisotopic (exact) mass is 266 g/mol. The second kappa shape index (κ2) is 6.56. The smallest absolute Gasteiger partial charge is 0.295 e. The average molecular weight is 266 g/mol. The van der Waals surface area contributed by atoms with Crippen LogP contribution in [0.4, 0.5) is 5.82 Å². The summed E-state index contributed by atoms with van der Waals surface area (Å²) < 4.78 is 5.10. The molecule has 1 saturated carbocycles. The molecule has 1 unspecified atom stereocenters. The lowest BCUT2D eigenvalue weighted by Crippen LogP contribution is -2.38. The minimum absolute atomic E-state index is 0.142. The third-order valence-electron chi connectivity index (χ3n) is 3.81. The zero-order valence-electron chi connectivity index (χ0n) is 11.3. The molecule has 1 atom stereocenters. The lowest BCUT2D eigenvalue weighted by molar-refractivity contribution is 0.319. The standard InChI is InChI=1S/C13H22N4O2/c1-19-11-12(15-8-16-13(11)18)17-10(7-14)9-5-3-2-4-6-9/h8-10H,2-7,14H2,1H3,(H2,15,16,17,18). The molecule has 0 aliphatic heterocycles. The number of anilines is 1. The minimum Gasteiger partial charge on any atom is -0.489 e. The van der Waals surface area contributed by atoms with E-state index in [2.05, 4.69) is 15.3 Å². The lowest BCUT2D eigenvalue weighted by atomic mass is 9.84. The Labute approximate surface area is 112 Å². The van der Waals surface area contributed by atoms with Crippen LogP contribution in [0.2, 0.25) is 0 Å². The van der Waals surface area contributed by atoms with E-state index in [0.29, 0.717) is 18.3 Å². The van der Waals surface area contributed by atoms with Crippen molar-refractivity contribution in [3.63, 3.8) is 0 Å². The van der Waals surface area contributed by atoms with Crippen LogP contribution in [0.3, 0.4) is 0 Å². The molecule has 1 aliphatic rings. The quantitative estimate of drug-likeness (QED) is 0.742.